The minimum absolute atomic E-state index is 0.279. The highest BCUT2D eigenvalue weighted by molar-refractivity contribution is 7.15. The van der Waals surface area contributed by atoms with Crippen molar-refractivity contribution in [2.45, 2.75) is 18.8 Å². The molecule has 0 spiro atoms. The van der Waals surface area contributed by atoms with Gasteiger partial charge >= 0.3 is 17.8 Å². The molecule has 140 valence electrons. The molecular formula is C15H13F4N3O3S. The molecule has 11 heteroatoms. The van der Waals surface area contributed by atoms with Crippen molar-refractivity contribution in [3.8, 4) is 0 Å². The molecule has 1 atom stereocenters. The van der Waals surface area contributed by atoms with Crippen molar-refractivity contribution < 1.29 is 31.9 Å². The van der Waals surface area contributed by atoms with Gasteiger partial charge in [0.2, 0.25) is 0 Å². The number of benzene rings is 1. The second kappa shape index (κ2) is 7.28. The maximum Gasteiger partial charge on any atom is 0.442 e. The van der Waals surface area contributed by atoms with Crippen molar-refractivity contribution in [3.63, 3.8) is 0 Å². The lowest BCUT2D eigenvalue weighted by Gasteiger charge is -2.34. The van der Waals surface area contributed by atoms with Crippen LogP contribution in [0.1, 0.15) is 15.2 Å². The van der Waals surface area contributed by atoms with E-state index < -0.39 is 35.1 Å². The number of halogens is 4. The predicted octanol–water partition coefficient (Wildman–Crippen LogP) is 2.86. The Kier molecular flexibility index (Phi) is 5.50. The van der Waals surface area contributed by atoms with Crippen LogP contribution in [0.4, 0.5) is 22.7 Å². The summed E-state index contributed by atoms with van der Waals surface area (Å²) >= 11 is 0.829. The molecule has 2 N–H and O–H groups in total. The van der Waals surface area contributed by atoms with Crippen molar-refractivity contribution in [2.24, 2.45) is 0 Å². The molecule has 26 heavy (non-hydrogen) atoms. The van der Waals surface area contributed by atoms with Gasteiger partial charge in [-0.3, -0.25) is 4.79 Å². The molecule has 1 heterocycles. The molecule has 2 rings (SSSR count). The normalized spacial score (nSPS) is 13.6. The molecule has 0 saturated carbocycles. The van der Waals surface area contributed by atoms with Gasteiger partial charge in [0.1, 0.15) is 5.82 Å². The van der Waals surface area contributed by atoms with Gasteiger partial charge < -0.3 is 15.4 Å². The number of aryl methyl sites for hydroxylation is 1. The summed E-state index contributed by atoms with van der Waals surface area (Å²) < 4.78 is 59.3. The number of ether oxygens (including phenoxy) is 1. The van der Waals surface area contributed by atoms with Crippen LogP contribution in [0, 0.1) is 12.7 Å². The lowest BCUT2D eigenvalue weighted by Crippen LogP contribution is -2.69. The average molecular weight is 391 g/mol. The van der Waals surface area contributed by atoms with Crippen LogP contribution in [-0.4, -0.2) is 35.8 Å². The van der Waals surface area contributed by atoms with Crippen LogP contribution in [-0.2, 0) is 9.53 Å². The first kappa shape index (κ1) is 19.6. The van der Waals surface area contributed by atoms with Crippen molar-refractivity contribution in [2.75, 3.05) is 12.4 Å². The molecule has 0 aliphatic carbocycles. The fourth-order valence-electron chi connectivity index (χ4n) is 2.00. The van der Waals surface area contributed by atoms with Crippen molar-refractivity contribution in [3.05, 3.63) is 46.7 Å². The molecule has 1 unspecified atom stereocenters. The first-order chi connectivity index (χ1) is 12.1. The summed E-state index contributed by atoms with van der Waals surface area (Å²) in [5, 5.41) is 3.11. The number of hydrogen-bond donors (Lipinski definition) is 2. The van der Waals surface area contributed by atoms with E-state index in [2.05, 4.69) is 9.72 Å². The van der Waals surface area contributed by atoms with Gasteiger partial charge in [-0.25, -0.2) is 14.2 Å². The molecule has 0 aliphatic rings. The van der Waals surface area contributed by atoms with E-state index in [1.165, 1.54) is 23.6 Å². The second-order valence-electron chi connectivity index (χ2n) is 5.07. The Hall–Kier alpha value is -2.69. The minimum Gasteiger partial charge on any atom is -0.466 e. The number of thiazole rings is 1. The molecule has 6 nitrogen and oxygen atoms in total. The number of carbonyl (C=O) groups excluding carboxylic acids is 2. The van der Waals surface area contributed by atoms with Gasteiger partial charge in [0.15, 0.2) is 5.13 Å². The highest BCUT2D eigenvalue weighted by atomic mass is 32.1. The van der Waals surface area contributed by atoms with Crippen LogP contribution in [0.3, 0.4) is 0 Å². The Labute approximate surface area is 149 Å². The first-order valence-corrected chi connectivity index (χ1v) is 7.85. The van der Waals surface area contributed by atoms with Crippen LogP contribution >= 0.6 is 11.3 Å². The number of anilines is 1. The molecule has 2 aromatic rings. The lowest BCUT2D eigenvalue weighted by atomic mass is 10.1. The van der Waals surface area contributed by atoms with Gasteiger partial charge in [0, 0.05) is 11.1 Å². The number of rotatable bonds is 5. The molecule has 0 aliphatic heterocycles. The highest BCUT2D eigenvalue weighted by Gasteiger charge is 2.64. The second-order valence-corrected chi connectivity index (χ2v) is 6.31. The number of aromatic nitrogens is 1. The Morgan fingerprint density at radius 2 is 1.88 bits per heavy atom. The maximum absolute atomic E-state index is 13.8. The molecule has 1 amide bonds. The first-order valence-electron chi connectivity index (χ1n) is 7.03. The molecule has 0 radical (unpaired) electrons. The van der Waals surface area contributed by atoms with E-state index in [-0.39, 0.29) is 5.13 Å². The van der Waals surface area contributed by atoms with Crippen LogP contribution in [0.2, 0.25) is 0 Å². The summed E-state index contributed by atoms with van der Waals surface area (Å²) in [7, 11) is 0.729. The Morgan fingerprint density at radius 3 is 2.38 bits per heavy atom. The SMILES string of the molecule is COC(=O)C(NC(=O)c1ccccc1F)(Nc1ncc(C)s1)C(F)(F)F. The lowest BCUT2D eigenvalue weighted by molar-refractivity contribution is -0.203. The topological polar surface area (TPSA) is 80.3 Å². The largest absolute Gasteiger partial charge is 0.466 e. The number of hydrogen-bond acceptors (Lipinski definition) is 6. The van der Waals surface area contributed by atoms with Crippen molar-refractivity contribution in [1.29, 1.82) is 0 Å². The number of esters is 1. The van der Waals surface area contributed by atoms with Gasteiger partial charge in [-0.2, -0.15) is 13.2 Å². The Bertz CT molecular complexity index is 824. The van der Waals surface area contributed by atoms with E-state index in [1.54, 1.807) is 6.92 Å². The van der Waals surface area contributed by atoms with E-state index in [9.17, 15) is 27.2 Å². The zero-order valence-electron chi connectivity index (χ0n) is 13.5. The van der Waals surface area contributed by atoms with E-state index >= 15 is 0 Å². The van der Waals surface area contributed by atoms with Gasteiger partial charge in [0.25, 0.3) is 5.91 Å². The molecule has 0 bridgehead atoms. The zero-order chi connectivity index (χ0) is 19.5. The number of methoxy groups -OCH3 is 1. The Morgan fingerprint density at radius 1 is 1.23 bits per heavy atom. The highest BCUT2D eigenvalue weighted by Crippen LogP contribution is 2.34. The van der Waals surface area contributed by atoms with Crippen LogP contribution < -0.4 is 10.6 Å². The van der Waals surface area contributed by atoms with E-state index in [0.717, 1.165) is 30.6 Å². The summed E-state index contributed by atoms with van der Waals surface area (Å²) in [6.45, 7) is 1.59. The number of carbonyl (C=O) groups is 2. The molecular weight excluding hydrogens is 378 g/mol. The van der Waals surface area contributed by atoms with Gasteiger partial charge in [-0.15, -0.1) is 11.3 Å². The van der Waals surface area contributed by atoms with Gasteiger partial charge in [0.05, 0.1) is 12.7 Å². The summed E-state index contributed by atoms with van der Waals surface area (Å²) in [4.78, 5) is 28.5. The summed E-state index contributed by atoms with van der Waals surface area (Å²) in [6.07, 6.45) is -4.04. The summed E-state index contributed by atoms with van der Waals surface area (Å²) in [6, 6.07) is 4.42. The van der Waals surface area contributed by atoms with Gasteiger partial charge in [-0.05, 0) is 19.1 Å². The Balaban J connectivity index is 2.49. The fraction of sp³-hybridized carbons (Fsp3) is 0.267. The van der Waals surface area contributed by atoms with Crippen LogP contribution in [0.5, 0.6) is 0 Å². The third-order valence-electron chi connectivity index (χ3n) is 3.25. The zero-order valence-corrected chi connectivity index (χ0v) is 14.3. The molecule has 1 aromatic heterocycles. The number of nitrogens with one attached hydrogen (secondary N) is 2. The van der Waals surface area contributed by atoms with E-state index in [1.807, 2.05) is 5.32 Å². The van der Waals surface area contributed by atoms with Crippen molar-refractivity contribution in [1.82, 2.24) is 10.3 Å². The molecule has 1 aromatic carbocycles. The van der Waals surface area contributed by atoms with Crippen LogP contribution in [0.25, 0.3) is 0 Å². The van der Waals surface area contributed by atoms with Crippen molar-refractivity contribution >= 4 is 28.3 Å². The summed E-state index contributed by atoms with van der Waals surface area (Å²) in [5.41, 5.74) is -4.31. The number of amides is 1. The maximum atomic E-state index is 13.8. The smallest absolute Gasteiger partial charge is 0.442 e. The quantitative estimate of drug-likeness (QED) is 0.466. The van der Waals surface area contributed by atoms with E-state index in [0.29, 0.717) is 4.88 Å². The minimum atomic E-state index is -5.32. The monoisotopic (exact) mass is 391 g/mol. The number of nitrogens with zero attached hydrogens (tertiary/aromatic N) is 1. The van der Waals surface area contributed by atoms with Gasteiger partial charge in [-0.1, -0.05) is 12.1 Å². The third-order valence-corrected chi connectivity index (χ3v) is 4.08. The third kappa shape index (κ3) is 3.77. The van der Waals surface area contributed by atoms with Crippen LogP contribution in [0.15, 0.2) is 30.5 Å². The predicted molar refractivity (Wildman–Crippen MR) is 85.1 cm³/mol. The molecule has 0 fully saturated rings. The standard InChI is InChI=1S/C15H13F4N3O3S/c1-8-7-20-13(26-8)22-14(12(24)25-2,15(17,18)19)21-11(23)9-5-3-4-6-10(9)16/h3-7H,1-2H3,(H,20,22)(H,21,23). The fourth-order valence-corrected chi connectivity index (χ4v) is 2.72. The van der Waals surface area contributed by atoms with E-state index in [4.69, 9.17) is 0 Å². The average Bonchev–Trinajstić information content (AvgIpc) is 2.97. The number of alkyl halides is 3. The summed E-state index contributed by atoms with van der Waals surface area (Å²) in [5.74, 6) is -4.33. The molecule has 0 saturated heterocycles.